The maximum absolute atomic E-state index is 12.0. The molecule has 2 bridgehead atoms. The fourth-order valence-corrected chi connectivity index (χ4v) is 4.02. The zero-order chi connectivity index (χ0) is 14.4. The number of nitrogens with zero attached hydrogens (tertiary/aromatic N) is 1. The quantitative estimate of drug-likeness (QED) is 0.775. The van der Waals surface area contributed by atoms with Crippen LogP contribution >= 0.6 is 0 Å². The van der Waals surface area contributed by atoms with Crippen molar-refractivity contribution < 1.29 is 9.53 Å². The number of methoxy groups -OCH3 is 1. The van der Waals surface area contributed by atoms with Crippen LogP contribution in [0.5, 0.6) is 0 Å². The van der Waals surface area contributed by atoms with Crippen molar-refractivity contribution in [2.24, 2.45) is 5.41 Å². The predicted octanol–water partition coefficient (Wildman–Crippen LogP) is 3.46. The third-order valence-electron chi connectivity index (χ3n) is 5.76. The van der Waals surface area contributed by atoms with Gasteiger partial charge < -0.3 is 4.74 Å². The lowest BCUT2D eigenvalue weighted by Gasteiger charge is -2.51. The van der Waals surface area contributed by atoms with E-state index in [2.05, 4.69) is 26.0 Å². The van der Waals surface area contributed by atoms with Crippen molar-refractivity contribution in [3.63, 3.8) is 0 Å². The number of aromatic nitrogens is 1. The van der Waals surface area contributed by atoms with Crippen molar-refractivity contribution in [3.8, 4) is 0 Å². The summed E-state index contributed by atoms with van der Waals surface area (Å²) in [6.45, 7) is 4.19. The van der Waals surface area contributed by atoms with E-state index in [9.17, 15) is 4.79 Å². The second kappa shape index (κ2) is 4.57. The van der Waals surface area contributed by atoms with Gasteiger partial charge in [-0.1, -0.05) is 6.07 Å². The number of fused-ring (bicyclic) bond motifs is 3. The predicted molar refractivity (Wildman–Crippen MR) is 77.5 cm³/mol. The van der Waals surface area contributed by atoms with E-state index < -0.39 is 0 Å². The summed E-state index contributed by atoms with van der Waals surface area (Å²) >= 11 is 0. The molecule has 108 valence electrons. The zero-order valence-electron chi connectivity index (χ0n) is 12.7. The van der Waals surface area contributed by atoms with Crippen molar-refractivity contribution in [3.05, 3.63) is 29.1 Å². The van der Waals surface area contributed by atoms with Crippen molar-refractivity contribution in [2.75, 3.05) is 7.11 Å². The number of pyridine rings is 1. The SMILES string of the molecule is COC(=O)C12CCC(c3ccc(C)c(C)n3)(CC1)CC2. The Morgan fingerprint density at radius 3 is 2.20 bits per heavy atom. The van der Waals surface area contributed by atoms with Crippen molar-refractivity contribution >= 4 is 5.97 Å². The molecular weight excluding hydrogens is 250 g/mol. The normalized spacial score (nSPS) is 32.1. The van der Waals surface area contributed by atoms with E-state index in [0.717, 1.165) is 44.2 Å². The Hall–Kier alpha value is -1.38. The van der Waals surface area contributed by atoms with E-state index in [1.807, 2.05) is 0 Å². The highest BCUT2D eigenvalue weighted by molar-refractivity contribution is 5.77. The number of hydrogen-bond donors (Lipinski definition) is 0. The summed E-state index contributed by atoms with van der Waals surface area (Å²) in [7, 11) is 1.51. The first kappa shape index (κ1) is 13.6. The first-order valence-electron chi connectivity index (χ1n) is 7.55. The van der Waals surface area contributed by atoms with Crippen LogP contribution in [0.1, 0.15) is 55.5 Å². The van der Waals surface area contributed by atoms with Crippen molar-refractivity contribution in [1.29, 1.82) is 0 Å². The number of aryl methyl sites for hydroxylation is 2. The molecule has 3 aliphatic carbocycles. The molecule has 0 N–H and O–H groups in total. The Balaban J connectivity index is 1.88. The van der Waals surface area contributed by atoms with Gasteiger partial charge in [-0.15, -0.1) is 0 Å². The molecule has 3 heteroatoms. The maximum Gasteiger partial charge on any atom is 0.311 e. The Kier molecular flexibility index (Phi) is 3.11. The maximum atomic E-state index is 12.0. The van der Waals surface area contributed by atoms with Crippen LogP contribution in [-0.2, 0) is 14.9 Å². The topological polar surface area (TPSA) is 39.2 Å². The molecule has 3 aliphatic rings. The van der Waals surface area contributed by atoms with Gasteiger partial charge in [0.25, 0.3) is 0 Å². The minimum atomic E-state index is -0.198. The third-order valence-corrected chi connectivity index (χ3v) is 5.76. The molecule has 0 spiro atoms. The van der Waals surface area contributed by atoms with Gasteiger partial charge in [0.05, 0.1) is 12.5 Å². The number of carbonyl (C=O) groups is 1. The zero-order valence-corrected chi connectivity index (χ0v) is 12.7. The van der Waals surface area contributed by atoms with Gasteiger partial charge in [0.2, 0.25) is 0 Å². The monoisotopic (exact) mass is 273 g/mol. The number of hydrogen-bond acceptors (Lipinski definition) is 3. The van der Waals surface area contributed by atoms with E-state index in [4.69, 9.17) is 9.72 Å². The van der Waals surface area contributed by atoms with Gasteiger partial charge in [-0.05, 0) is 64.0 Å². The molecule has 0 radical (unpaired) electrons. The van der Waals surface area contributed by atoms with Crippen LogP contribution in [0.4, 0.5) is 0 Å². The molecule has 0 saturated heterocycles. The highest BCUT2D eigenvalue weighted by Gasteiger charge is 2.54. The third kappa shape index (κ3) is 1.87. The lowest BCUT2D eigenvalue weighted by atomic mass is 9.52. The van der Waals surface area contributed by atoms with Gasteiger partial charge >= 0.3 is 5.97 Å². The van der Waals surface area contributed by atoms with E-state index in [1.165, 1.54) is 18.4 Å². The highest BCUT2D eigenvalue weighted by atomic mass is 16.5. The lowest BCUT2D eigenvalue weighted by molar-refractivity contribution is -0.160. The molecule has 20 heavy (non-hydrogen) atoms. The lowest BCUT2D eigenvalue weighted by Crippen LogP contribution is -2.48. The summed E-state index contributed by atoms with van der Waals surface area (Å²) in [5.74, 6) is -0.00107. The largest absolute Gasteiger partial charge is 0.469 e. The molecule has 0 amide bonds. The van der Waals surface area contributed by atoms with Gasteiger partial charge in [-0.3, -0.25) is 9.78 Å². The van der Waals surface area contributed by atoms with Crippen LogP contribution in [-0.4, -0.2) is 18.1 Å². The molecule has 3 fully saturated rings. The number of rotatable bonds is 2. The summed E-state index contributed by atoms with van der Waals surface area (Å²) in [6, 6.07) is 4.38. The van der Waals surface area contributed by atoms with Gasteiger partial charge in [-0.25, -0.2) is 0 Å². The van der Waals surface area contributed by atoms with Gasteiger partial charge in [-0.2, -0.15) is 0 Å². The van der Waals surface area contributed by atoms with Crippen LogP contribution in [0.3, 0.4) is 0 Å². The summed E-state index contributed by atoms with van der Waals surface area (Å²) in [6.07, 6.45) is 6.06. The van der Waals surface area contributed by atoms with Gasteiger partial charge in [0, 0.05) is 16.8 Å². The second-order valence-electron chi connectivity index (χ2n) is 6.65. The minimum absolute atomic E-state index is 0.00107. The molecule has 1 heterocycles. The smallest absolute Gasteiger partial charge is 0.311 e. The van der Waals surface area contributed by atoms with Crippen LogP contribution < -0.4 is 0 Å². The molecule has 0 unspecified atom stereocenters. The van der Waals surface area contributed by atoms with Crippen molar-refractivity contribution in [1.82, 2.24) is 4.98 Å². The number of ether oxygens (including phenoxy) is 1. The van der Waals surface area contributed by atoms with Crippen LogP contribution in [0.2, 0.25) is 0 Å². The standard InChI is InChI=1S/C17H23NO2/c1-12-4-5-14(18-13(12)2)16-6-9-17(10-7-16,11-8-16)15(19)20-3/h4-5H,6-11H2,1-3H3. The second-order valence-corrected chi connectivity index (χ2v) is 6.65. The molecule has 4 rings (SSSR count). The summed E-state index contributed by atoms with van der Waals surface area (Å²) in [5.41, 5.74) is 3.62. The molecule has 0 aliphatic heterocycles. The molecule has 1 aromatic heterocycles. The fourth-order valence-electron chi connectivity index (χ4n) is 4.02. The molecule has 1 aromatic rings. The average molecular weight is 273 g/mol. The Bertz CT molecular complexity index is 525. The van der Waals surface area contributed by atoms with Gasteiger partial charge in [0.15, 0.2) is 0 Å². The van der Waals surface area contributed by atoms with Crippen molar-refractivity contribution in [2.45, 2.75) is 57.8 Å². The highest BCUT2D eigenvalue weighted by Crippen LogP contribution is 2.57. The first-order chi connectivity index (χ1) is 9.51. The minimum Gasteiger partial charge on any atom is -0.469 e. The molecule has 0 atom stereocenters. The van der Waals surface area contributed by atoms with Gasteiger partial charge in [0.1, 0.15) is 0 Å². The van der Waals surface area contributed by atoms with Crippen LogP contribution in [0, 0.1) is 19.3 Å². The summed E-state index contributed by atoms with van der Waals surface area (Å²) in [4.78, 5) is 16.9. The average Bonchev–Trinajstić information content (AvgIpc) is 2.51. The Labute approximate surface area is 120 Å². The number of esters is 1. The van der Waals surface area contributed by atoms with E-state index in [1.54, 1.807) is 0 Å². The van der Waals surface area contributed by atoms with E-state index >= 15 is 0 Å². The molecule has 3 nitrogen and oxygen atoms in total. The van der Waals surface area contributed by atoms with Crippen LogP contribution in [0.25, 0.3) is 0 Å². The molecular formula is C17H23NO2. The summed E-state index contributed by atoms with van der Waals surface area (Å²) < 4.78 is 5.03. The molecule has 3 saturated carbocycles. The van der Waals surface area contributed by atoms with Crippen LogP contribution in [0.15, 0.2) is 12.1 Å². The van der Waals surface area contributed by atoms with E-state index in [0.29, 0.717) is 0 Å². The Morgan fingerprint density at radius 1 is 1.10 bits per heavy atom. The Morgan fingerprint density at radius 2 is 1.70 bits per heavy atom. The first-order valence-corrected chi connectivity index (χ1v) is 7.55. The summed E-state index contributed by atoms with van der Waals surface area (Å²) in [5, 5.41) is 0. The van der Waals surface area contributed by atoms with E-state index in [-0.39, 0.29) is 16.8 Å². The molecule has 0 aromatic carbocycles. The fraction of sp³-hybridized carbons (Fsp3) is 0.647. The number of carbonyl (C=O) groups excluding carboxylic acids is 1.